The van der Waals surface area contributed by atoms with Crippen LogP contribution in [0.1, 0.15) is 17.7 Å². The van der Waals surface area contributed by atoms with Gasteiger partial charge < -0.3 is 10.3 Å². The fourth-order valence-electron chi connectivity index (χ4n) is 4.27. The van der Waals surface area contributed by atoms with Crippen LogP contribution in [-0.4, -0.2) is 41.0 Å². The average molecular weight is 493 g/mol. The molecule has 0 unspecified atom stereocenters. The van der Waals surface area contributed by atoms with Gasteiger partial charge in [0.15, 0.2) is 17.2 Å². The van der Waals surface area contributed by atoms with Crippen LogP contribution in [-0.2, 0) is 4.79 Å². The van der Waals surface area contributed by atoms with Crippen LogP contribution >= 0.6 is 11.3 Å². The SMILES string of the molecule is Cc1ccc(-c2ccnc3nc(-c4n[nH]c5ccc(-c6cncc(NC(=O)C7CC7)c6)nc45)[nH]c23)s1. The van der Waals surface area contributed by atoms with Gasteiger partial charge in [-0.2, -0.15) is 5.10 Å². The van der Waals surface area contributed by atoms with E-state index in [4.69, 9.17) is 9.97 Å². The molecule has 36 heavy (non-hydrogen) atoms. The molecule has 1 saturated carbocycles. The van der Waals surface area contributed by atoms with Gasteiger partial charge in [-0.25, -0.2) is 15.0 Å². The molecule has 1 fully saturated rings. The molecule has 7 rings (SSSR count). The Labute approximate surface area is 209 Å². The lowest BCUT2D eigenvalue weighted by atomic mass is 10.1. The number of aromatic amines is 2. The smallest absolute Gasteiger partial charge is 0.227 e. The molecule has 0 aliphatic heterocycles. The van der Waals surface area contributed by atoms with E-state index in [2.05, 4.69) is 49.5 Å². The normalized spacial score (nSPS) is 13.5. The number of pyridine rings is 3. The van der Waals surface area contributed by atoms with Crippen molar-refractivity contribution in [2.45, 2.75) is 19.8 Å². The van der Waals surface area contributed by atoms with Crippen LogP contribution in [0.2, 0.25) is 0 Å². The second kappa shape index (κ2) is 8.06. The molecule has 0 bridgehead atoms. The first-order chi connectivity index (χ1) is 17.6. The van der Waals surface area contributed by atoms with Crippen LogP contribution in [0.4, 0.5) is 5.69 Å². The minimum atomic E-state index is 0.0463. The first-order valence-corrected chi connectivity index (χ1v) is 12.5. The largest absolute Gasteiger partial charge is 0.335 e. The van der Waals surface area contributed by atoms with Crippen LogP contribution in [0.3, 0.4) is 0 Å². The molecule has 6 aromatic rings. The maximum absolute atomic E-state index is 12.2. The van der Waals surface area contributed by atoms with Crippen molar-refractivity contribution in [2.24, 2.45) is 5.92 Å². The van der Waals surface area contributed by atoms with Gasteiger partial charge in [0.2, 0.25) is 5.91 Å². The third kappa shape index (κ3) is 3.62. The highest BCUT2D eigenvalue weighted by Gasteiger charge is 2.29. The van der Waals surface area contributed by atoms with Gasteiger partial charge in [0.25, 0.3) is 0 Å². The fourth-order valence-corrected chi connectivity index (χ4v) is 5.17. The molecule has 0 spiro atoms. The van der Waals surface area contributed by atoms with Crippen LogP contribution in [0.5, 0.6) is 0 Å². The van der Waals surface area contributed by atoms with E-state index < -0.39 is 0 Å². The Morgan fingerprint density at radius 1 is 1.11 bits per heavy atom. The highest BCUT2D eigenvalue weighted by molar-refractivity contribution is 7.15. The zero-order valence-electron chi connectivity index (χ0n) is 19.2. The second-order valence-corrected chi connectivity index (χ2v) is 10.2. The summed E-state index contributed by atoms with van der Waals surface area (Å²) < 4.78 is 0. The predicted octanol–water partition coefficient (Wildman–Crippen LogP) is 5.34. The molecule has 6 heterocycles. The van der Waals surface area contributed by atoms with E-state index in [1.165, 1.54) is 4.88 Å². The molecular weight excluding hydrogens is 472 g/mol. The highest BCUT2D eigenvalue weighted by atomic mass is 32.1. The lowest BCUT2D eigenvalue weighted by molar-refractivity contribution is -0.117. The van der Waals surface area contributed by atoms with Crippen molar-refractivity contribution in [3.63, 3.8) is 0 Å². The topological polar surface area (TPSA) is 125 Å². The van der Waals surface area contributed by atoms with Crippen molar-refractivity contribution >= 4 is 45.1 Å². The summed E-state index contributed by atoms with van der Waals surface area (Å²) in [5.74, 6) is 0.766. The zero-order chi connectivity index (χ0) is 24.2. The van der Waals surface area contributed by atoms with Gasteiger partial charge in [-0.1, -0.05) is 0 Å². The number of thiophene rings is 1. The maximum atomic E-state index is 12.2. The molecule has 0 aromatic carbocycles. The van der Waals surface area contributed by atoms with E-state index in [0.717, 1.165) is 45.6 Å². The molecule has 9 nitrogen and oxygen atoms in total. The summed E-state index contributed by atoms with van der Waals surface area (Å²) >= 11 is 1.73. The summed E-state index contributed by atoms with van der Waals surface area (Å²) in [6.07, 6.45) is 7.07. The summed E-state index contributed by atoms with van der Waals surface area (Å²) in [7, 11) is 0. The first kappa shape index (κ1) is 20.9. The Hall–Kier alpha value is -4.44. The second-order valence-electron chi connectivity index (χ2n) is 8.94. The number of hydrogen-bond acceptors (Lipinski definition) is 7. The number of aromatic nitrogens is 7. The van der Waals surface area contributed by atoms with E-state index in [-0.39, 0.29) is 11.8 Å². The van der Waals surface area contributed by atoms with Crippen molar-refractivity contribution in [2.75, 3.05) is 5.32 Å². The molecule has 176 valence electrons. The Bertz CT molecular complexity index is 1780. The molecule has 1 amide bonds. The number of nitrogens with zero attached hydrogens (tertiary/aromatic N) is 5. The van der Waals surface area contributed by atoms with Crippen LogP contribution in [0, 0.1) is 12.8 Å². The number of H-pyrrole nitrogens is 2. The van der Waals surface area contributed by atoms with Crippen LogP contribution in [0.25, 0.3) is 55.4 Å². The van der Waals surface area contributed by atoms with E-state index in [1.807, 2.05) is 24.3 Å². The maximum Gasteiger partial charge on any atom is 0.227 e. The number of hydrogen-bond donors (Lipinski definition) is 3. The fraction of sp³-hybridized carbons (Fsp3) is 0.154. The summed E-state index contributed by atoms with van der Waals surface area (Å²) in [6, 6.07) is 12.0. The number of carbonyl (C=O) groups excluding carboxylic acids is 1. The lowest BCUT2D eigenvalue weighted by Gasteiger charge is -2.06. The van der Waals surface area contributed by atoms with E-state index in [0.29, 0.717) is 28.4 Å². The van der Waals surface area contributed by atoms with Gasteiger partial charge in [-0.15, -0.1) is 11.3 Å². The molecule has 1 aliphatic carbocycles. The molecular formula is C26H20N8OS. The Morgan fingerprint density at radius 3 is 2.86 bits per heavy atom. The quantitative estimate of drug-likeness (QED) is 0.298. The Balaban J connectivity index is 1.28. The molecule has 0 saturated heterocycles. The molecule has 1 aliphatic rings. The zero-order valence-corrected chi connectivity index (χ0v) is 20.1. The van der Waals surface area contributed by atoms with Crippen molar-refractivity contribution in [1.82, 2.24) is 35.1 Å². The van der Waals surface area contributed by atoms with Crippen molar-refractivity contribution in [3.8, 4) is 33.2 Å². The predicted molar refractivity (Wildman–Crippen MR) is 139 cm³/mol. The van der Waals surface area contributed by atoms with E-state index in [9.17, 15) is 4.79 Å². The van der Waals surface area contributed by atoms with Crippen LogP contribution < -0.4 is 5.32 Å². The number of carbonyl (C=O) groups is 1. The van der Waals surface area contributed by atoms with Gasteiger partial charge in [0.1, 0.15) is 5.52 Å². The molecule has 6 aromatic heterocycles. The third-order valence-corrected chi connectivity index (χ3v) is 7.31. The minimum Gasteiger partial charge on any atom is -0.335 e. The number of fused-ring (bicyclic) bond motifs is 2. The number of aryl methyl sites for hydroxylation is 1. The summed E-state index contributed by atoms with van der Waals surface area (Å²) in [4.78, 5) is 36.4. The highest BCUT2D eigenvalue weighted by Crippen LogP contribution is 2.34. The van der Waals surface area contributed by atoms with Gasteiger partial charge in [0.05, 0.1) is 28.6 Å². The summed E-state index contributed by atoms with van der Waals surface area (Å²) in [6.45, 7) is 2.09. The number of amides is 1. The number of imidazole rings is 1. The van der Waals surface area contributed by atoms with Gasteiger partial charge in [0, 0.05) is 39.2 Å². The van der Waals surface area contributed by atoms with Crippen molar-refractivity contribution in [3.05, 3.63) is 59.9 Å². The van der Waals surface area contributed by atoms with Crippen LogP contribution in [0.15, 0.2) is 55.0 Å². The Kier molecular flexibility index (Phi) is 4.68. The minimum absolute atomic E-state index is 0.0463. The van der Waals surface area contributed by atoms with Gasteiger partial charge in [-0.3, -0.25) is 14.9 Å². The summed E-state index contributed by atoms with van der Waals surface area (Å²) in [5, 5.41) is 10.5. The first-order valence-electron chi connectivity index (χ1n) is 11.7. The number of anilines is 1. The standard InChI is InChI=1S/C26H20N8OS/c1-13-2-7-20(36-13)17-8-9-28-24-21(17)31-25(32-24)23-22-19(33-34-23)6-5-18(30-22)15-10-16(12-27-11-15)29-26(35)14-3-4-14/h2,5-12,14H,3-4H2,1H3,(H,29,35)(H,33,34)(H,28,31,32). The molecule has 10 heteroatoms. The molecule has 0 radical (unpaired) electrons. The molecule has 3 N–H and O–H groups in total. The van der Waals surface area contributed by atoms with E-state index >= 15 is 0 Å². The third-order valence-electron chi connectivity index (χ3n) is 6.28. The average Bonchev–Trinajstić information content (AvgIpc) is 3.30. The van der Waals surface area contributed by atoms with Crippen molar-refractivity contribution < 1.29 is 4.79 Å². The van der Waals surface area contributed by atoms with Crippen molar-refractivity contribution in [1.29, 1.82) is 0 Å². The lowest BCUT2D eigenvalue weighted by Crippen LogP contribution is -2.13. The van der Waals surface area contributed by atoms with Gasteiger partial charge in [-0.05, 0) is 56.2 Å². The van der Waals surface area contributed by atoms with E-state index in [1.54, 1.807) is 29.9 Å². The monoisotopic (exact) mass is 492 g/mol. The number of rotatable bonds is 5. The number of nitrogens with one attached hydrogen (secondary N) is 3. The summed E-state index contributed by atoms with van der Waals surface area (Å²) in [5.41, 5.74) is 6.84. The molecule has 0 atom stereocenters. The Morgan fingerprint density at radius 2 is 2.03 bits per heavy atom. The van der Waals surface area contributed by atoms with Gasteiger partial charge >= 0.3 is 0 Å².